The lowest BCUT2D eigenvalue weighted by molar-refractivity contribution is 0.164. The monoisotopic (exact) mass is 225 g/mol. The van der Waals surface area contributed by atoms with E-state index in [-0.39, 0.29) is 5.82 Å². The molecule has 1 atom stereocenters. The predicted molar refractivity (Wildman–Crippen MR) is 63.7 cm³/mol. The smallest absolute Gasteiger partial charge is 0.123 e. The Kier molecular flexibility index (Phi) is 5.43. The van der Waals surface area contributed by atoms with E-state index >= 15 is 0 Å². The van der Waals surface area contributed by atoms with Crippen LogP contribution in [-0.2, 0) is 0 Å². The van der Waals surface area contributed by atoms with Crippen molar-refractivity contribution in [1.82, 2.24) is 5.32 Å². The second kappa shape index (κ2) is 6.61. The molecule has 1 rings (SSSR count). The Morgan fingerprint density at radius 3 is 2.44 bits per heavy atom. The van der Waals surface area contributed by atoms with Crippen LogP contribution in [0.5, 0.6) is 0 Å². The van der Waals surface area contributed by atoms with Crippen molar-refractivity contribution < 1.29 is 9.50 Å². The number of aliphatic hydroxyl groups is 1. The fourth-order valence-corrected chi connectivity index (χ4v) is 1.54. The fraction of sp³-hybridized carbons (Fsp3) is 0.538. The lowest BCUT2D eigenvalue weighted by atomic mass is 10.0. The third-order valence-corrected chi connectivity index (χ3v) is 2.46. The number of hydrogen-bond acceptors (Lipinski definition) is 2. The third-order valence-electron chi connectivity index (χ3n) is 2.46. The Morgan fingerprint density at radius 2 is 1.88 bits per heavy atom. The highest BCUT2D eigenvalue weighted by Gasteiger charge is 2.06. The van der Waals surface area contributed by atoms with Crippen LogP contribution in [0.3, 0.4) is 0 Å². The average molecular weight is 225 g/mol. The summed E-state index contributed by atoms with van der Waals surface area (Å²) in [6, 6.07) is 6.50. The van der Waals surface area contributed by atoms with Crippen LogP contribution in [0.4, 0.5) is 4.39 Å². The van der Waals surface area contributed by atoms with Crippen LogP contribution in [0.15, 0.2) is 24.3 Å². The highest BCUT2D eigenvalue weighted by molar-refractivity contribution is 5.18. The van der Waals surface area contributed by atoms with Gasteiger partial charge in [0.05, 0.1) is 6.10 Å². The van der Waals surface area contributed by atoms with Crippen LogP contribution in [0.1, 0.15) is 38.4 Å². The van der Waals surface area contributed by atoms with E-state index < -0.39 is 6.10 Å². The number of benzene rings is 1. The molecule has 1 aromatic rings. The summed E-state index contributed by atoms with van der Waals surface area (Å²) in [7, 11) is 0. The minimum absolute atomic E-state index is 0.266. The molecule has 0 aliphatic rings. The van der Waals surface area contributed by atoms with Crippen LogP contribution in [-0.4, -0.2) is 17.7 Å². The summed E-state index contributed by atoms with van der Waals surface area (Å²) in [5.41, 5.74) is 0.783. The van der Waals surface area contributed by atoms with Crippen LogP contribution in [0.2, 0.25) is 0 Å². The van der Waals surface area contributed by atoms with E-state index in [0.29, 0.717) is 12.5 Å². The van der Waals surface area contributed by atoms with Gasteiger partial charge in [-0.15, -0.1) is 0 Å². The van der Waals surface area contributed by atoms with Crippen molar-refractivity contribution in [3.63, 3.8) is 0 Å². The maximum atomic E-state index is 12.7. The van der Waals surface area contributed by atoms with Gasteiger partial charge in [-0.05, 0) is 37.1 Å². The molecule has 0 heterocycles. The molecule has 0 aromatic heterocycles. The van der Waals surface area contributed by atoms with Gasteiger partial charge in [0.15, 0.2) is 0 Å². The first-order valence-electron chi connectivity index (χ1n) is 5.76. The Hall–Kier alpha value is -0.930. The molecule has 1 aromatic carbocycles. The van der Waals surface area contributed by atoms with Crippen molar-refractivity contribution in [3.05, 3.63) is 35.6 Å². The summed E-state index contributed by atoms with van der Waals surface area (Å²) < 4.78 is 12.7. The molecule has 16 heavy (non-hydrogen) atoms. The zero-order valence-corrected chi connectivity index (χ0v) is 9.91. The molecular formula is C13H20FNO. The molecule has 0 fully saturated rings. The normalized spacial score (nSPS) is 13.1. The number of rotatable bonds is 6. The van der Waals surface area contributed by atoms with Gasteiger partial charge >= 0.3 is 0 Å². The molecule has 0 aliphatic carbocycles. The Bertz CT molecular complexity index is 297. The van der Waals surface area contributed by atoms with Crippen molar-refractivity contribution in [2.24, 2.45) is 0 Å². The number of nitrogens with one attached hydrogen (secondary N) is 1. The molecule has 0 saturated carbocycles. The molecule has 1 unspecified atom stereocenters. The van der Waals surface area contributed by atoms with E-state index in [4.69, 9.17) is 0 Å². The number of halogens is 1. The Balaban J connectivity index is 2.29. The first kappa shape index (κ1) is 13.1. The summed E-state index contributed by atoms with van der Waals surface area (Å²) in [5.74, 6) is -0.266. The second-order valence-electron chi connectivity index (χ2n) is 4.32. The van der Waals surface area contributed by atoms with Gasteiger partial charge in [0.1, 0.15) is 5.82 Å². The summed E-state index contributed by atoms with van der Waals surface area (Å²) in [4.78, 5) is 0. The van der Waals surface area contributed by atoms with Crippen LogP contribution in [0.25, 0.3) is 0 Å². The van der Waals surface area contributed by atoms with Crippen molar-refractivity contribution in [2.45, 2.75) is 38.8 Å². The minimum Gasteiger partial charge on any atom is -0.388 e. The van der Waals surface area contributed by atoms with E-state index in [2.05, 4.69) is 19.2 Å². The molecule has 0 saturated heterocycles. The molecule has 90 valence electrons. The first-order valence-corrected chi connectivity index (χ1v) is 5.76. The van der Waals surface area contributed by atoms with Gasteiger partial charge < -0.3 is 10.4 Å². The molecule has 0 amide bonds. The van der Waals surface area contributed by atoms with Gasteiger partial charge in [0.2, 0.25) is 0 Å². The van der Waals surface area contributed by atoms with Gasteiger partial charge in [-0.1, -0.05) is 26.0 Å². The van der Waals surface area contributed by atoms with E-state index in [1.54, 1.807) is 12.1 Å². The Labute approximate surface area is 96.5 Å². The van der Waals surface area contributed by atoms with Crippen LogP contribution < -0.4 is 5.32 Å². The summed E-state index contributed by atoms with van der Waals surface area (Å²) in [5, 5.41) is 13.1. The highest BCUT2D eigenvalue weighted by Crippen LogP contribution is 2.18. The summed E-state index contributed by atoms with van der Waals surface area (Å²) >= 11 is 0. The van der Waals surface area contributed by atoms with Gasteiger partial charge in [-0.3, -0.25) is 0 Å². The number of hydrogen-bond donors (Lipinski definition) is 2. The third kappa shape index (κ3) is 4.73. The highest BCUT2D eigenvalue weighted by atomic mass is 19.1. The quantitative estimate of drug-likeness (QED) is 0.729. The lowest BCUT2D eigenvalue weighted by Gasteiger charge is -2.12. The van der Waals surface area contributed by atoms with Gasteiger partial charge in [-0.2, -0.15) is 0 Å². The maximum Gasteiger partial charge on any atom is 0.123 e. The molecular weight excluding hydrogens is 205 g/mol. The van der Waals surface area contributed by atoms with E-state index in [0.717, 1.165) is 18.5 Å². The van der Waals surface area contributed by atoms with Crippen LogP contribution in [0, 0.1) is 5.82 Å². The van der Waals surface area contributed by atoms with E-state index in [1.807, 2.05) is 0 Å². The molecule has 2 N–H and O–H groups in total. The lowest BCUT2D eigenvalue weighted by Crippen LogP contribution is -2.23. The van der Waals surface area contributed by atoms with Crippen molar-refractivity contribution in [2.75, 3.05) is 6.54 Å². The van der Waals surface area contributed by atoms with Gasteiger partial charge in [-0.25, -0.2) is 4.39 Å². The van der Waals surface area contributed by atoms with Crippen molar-refractivity contribution in [1.29, 1.82) is 0 Å². The summed E-state index contributed by atoms with van der Waals surface area (Å²) in [6.07, 6.45) is 1.12. The van der Waals surface area contributed by atoms with Gasteiger partial charge in [0.25, 0.3) is 0 Å². The molecule has 2 nitrogen and oxygen atoms in total. The average Bonchev–Trinajstić information content (AvgIpc) is 2.25. The number of aliphatic hydroxyl groups excluding tert-OH is 1. The molecule has 0 aliphatic heterocycles. The first-order chi connectivity index (χ1) is 7.59. The topological polar surface area (TPSA) is 32.3 Å². The molecule has 3 heteroatoms. The second-order valence-corrected chi connectivity index (χ2v) is 4.32. The predicted octanol–water partition coefficient (Wildman–Crippen LogP) is 2.64. The van der Waals surface area contributed by atoms with Crippen molar-refractivity contribution in [3.8, 4) is 0 Å². The molecule has 0 radical (unpaired) electrons. The molecule has 0 spiro atoms. The standard InChI is InChI=1S/C13H20FNO/c1-10(2)15-9-3-4-13(16)11-5-7-12(14)8-6-11/h5-8,10,13,15-16H,3-4,9H2,1-2H3. The maximum absolute atomic E-state index is 12.7. The SMILES string of the molecule is CC(C)NCCCC(O)c1ccc(F)cc1. The zero-order chi connectivity index (χ0) is 12.0. The molecule has 0 bridgehead atoms. The van der Waals surface area contributed by atoms with Crippen molar-refractivity contribution >= 4 is 0 Å². The van der Waals surface area contributed by atoms with Crippen LogP contribution >= 0.6 is 0 Å². The largest absolute Gasteiger partial charge is 0.388 e. The van der Waals surface area contributed by atoms with E-state index in [9.17, 15) is 9.50 Å². The summed E-state index contributed by atoms with van der Waals surface area (Å²) in [6.45, 7) is 5.09. The van der Waals surface area contributed by atoms with Gasteiger partial charge in [0, 0.05) is 6.04 Å². The minimum atomic E-state index is -0.491. The Morgan fingerprint density at radius 1 is 1.25 bits per heavy atom. The fourth-order valence-electron chi connectivity index (χ4n) is 1.54. The zero-order valence-electron chi connectivity index (χ0n) is 9.91. The van der Waals surface area contributed by atoms with E-state index in [1.165, 1.54) is 12.1 Å².